The van der Waals surface area contributed by atoms with Crippen LogP contribution in [0.15, 0.2) is 18.2 Å². The van der Waals surface area contributed by atoms with Crippen molar-refractivity contribution in [3.63, 3.8) is 0 Å². The van der Waals surface area contributed by atoms with E-state index in [1.165, 1.54) is 19.2 Å². The normalized spacial score (nSPS) is 13.4. The highest BCUT2D eigenvalue weighted by molar-refractivity contribution is 7.86. The molecule has 1 aromatic carbocycles. The van der Waals surface area contributed by atoms with Gasteiger partial charge in [-0.25, -0.2) is 4.39 Å². The van der Waals surface area contributed by atoms with Crippen LogP contribution in [-0.4, -0.2) is 20.1 Å². The fraction of sp³-hybridized carbons (Fsp3) is 0.455. The summed E-state index contributed by atoms with van der Waals surface area (Å²) in [5.41, 5.74) is 0.150. The van der Waals surface area contributed by atoms with Gasteiger partial charge >= 0.3 is 0 Å². The number of benzene rings is 1. The molecule has 0 fully saturated rings. The molecule has 96 valence electrons. The zero-order valence-electron chi connectivity index (χ0n) is 9.68. The van der Waals surface area contributed by atoms with Crippen molar-refractivity contribution in [1.82, 2.24) is 0 Å². The quantitative estimate of drug-likeness (QED) is 0.828. The Bertz CT molecular complexity index is 484. The lowest BCUT2D eigenvalue weighted by Crippen LogP contribution is -2.13. The molecule has 0 aliphatic carbocycles. The van der Waals surface area contributed by atoms with Gasteiger partial charge in [-0.2, -0.15) is 8.42 Å². The molecule has 1 N–H and O–H groups in total. The Hall–Kier alpha value is -1.14. The topological polar surface area (TPSA) is 63.6 Å². The Morgan fingerprint density at radius 3 is 2.59 bits per heavy atom. The Kier molecular flexibility index (Phi) is 4.47. The second-order valence-corrected chi connectivity index (χ2v) is 5.28. The van der Waals surface area contributed by atoms with Crippen LogP contribution in [0.2, 0.25) is 0 Å². The summed E-state index contributed by atoms with van der Waals surface area (Å²) in [6, 6.07) is 3.60. The molecule has 0 aliphatic rings. The number of rotatable bonds is 5. The van der Waals surface area contributed by atoms with E-state index in [0.29, 0.717) is 6.42 Å². The summed E-state index contributed by atoms with van der Waals surface area (Å²) in [7, 11) is -2.91. The maximum Gasteiger partial charge on any atom is 0.272 e. The van der Waals surface area contributed by atoms with Crippen molar-refractivity contribution in [2.24, 2.45) is 0 Å². The van der Waals surface area contributed by atoms with Gasteiger partial charge in [-0.1, -0.05) is 13.3 Å². The van der Waals surface area contributed by atoms with Crippen molar-refractivity contribution in [2.75, 3.05) is 7.11 Å². The Balaban J connectivity index is 3.31. The van der Waals surface area contributed by atoms with Crippen LogP contribution < -0.4 is 4.74 Å². The van der Waals surface area contributed by atoms with Gasteiger partial charge in [0.15, 0.2) is 0 Å². The van der Waals surface area contributed by atoms with Crippen LogP contribution in [0.3, 0.4) is 0 Å². The Morgan fingerprint density at radius 1 is 1.47 bits per heavy atom. The first-order valence-corrected chi connectivity index (χ1v) is 6.70. The molecular formula is C11H15FO4S. The Labute approximate surface area is 100 Å². The van der Waals surface area contributed by atoms with Gasteiger partial charge in [0.2, 0.25) is 0 Å². The molecule has 0 aromatic heterocycles. The molecule has 1 aromatic rings. The minimum Gasteiger partial charge on any atom is -0.496 e. The second kappa shape index (κ2) is 5.46. The van der Waals surface area contributed by atoms with Gasteiger partial charge < -0.3 is 4.74 Å². The molecule has 4 nitrogen and oxygen atoms in total. The van der Waals surface area contributed by atoms with Crippen LogP contribution in [0.1, 0.15) is 30.6 Å². The van der Waals surface area contributed by atoms with Crippen LogP contribution in [0.25, 0.3) is 0 Å². The smallest absolute Gasteiger partial charge is 0.272 e. The van der Waals surface area contributed by atoms with E-state index in [0.717, 1.165) is 6.07 Å². The molecule has 6 heteroatoms. The number of ether oxygens (including phenoxy) is 1. The first kappa shape index (κ1) is 13.9. The van der Waals surface area contributed by atoms with E-state index in [2.05, 4.69) is 0 Å². The molecule has 0 amide bonds. The summed E-state index contributed by atoms with van der Waals surface area (Å²) in [4.78, 5) is 0. The highest BCUT2D eigenvalue weighted by Crippen LogP contribution is 2.33. The highest BCUT2D eigenvalue weighted by Gasteiger charge is 2.27. The molecule has 17 heavy (non-hydrogen) atoms. The van der Waals surface area contributed by atoms with Crippen LogP contribution in [0.4, 0.5) is 4.39 Å². The minimum absolute atomic E-state index is 0.150. The summed E-state index contributed by atoms with van der Waals surface area (Å²) in [6.45, 7) is 1.78. The lowest BCUT2D eigenvalue weighted by molar-refractivity contribution is 0.402. The average molecular weight is 262 g/mol. The van der Waals surface area contributed by atoms with E-state index in [1.807, 2.05) is 0 Å². The van der Waals surface area contributed by atoms with Crippen molar-refractivity contribution in [2.45, 2.75) is 25.0 Å². The molecule has 0 saturated heterocycles. The lowest BCUT2D eigenvalue weighted by atomic mass is 10.1. The number of methoxy groups -OCH3 is 1. The monoisotopic (exact) mass is 262 g/mol. The van der Waals surface area contributed by atoms with E-state index >= 15 is 0 Å². The zero-order valence-corrected chi connectivity index (χ0v) is 10.5. The molecule has 1 rings (SSSR count). The molecule has 0 bridgehead atoms. The van der Waals surface area contributed by atoms with Gasteiger partial charge in [0.1, 0.15) is 16.8 Å². The van der Waals surface area contributed by atoms with Crippen molar-refractivity contribution >= 4 is 10.1 Å². The highest BCUT2D eigenvalue weighted by atomic mass is 32.2. The molecule has 0 radical (unpaired) electrons. The van der Waals surface area contributed by atoms with Crippen LogP contribution >= 0.6 is 0 Å². The van der Waals surface area contributed by atoms with Gasteiger partial charge in [-0.15, -0.1) is 0 Å². The predicted molar refractivity (Wildman–Crippen MR) is 62.1 cm³/mol. The van der Waals surface area contributed by atoms with E-state index in [4.69, 9.17) is 9.29 Å². The summed E-state index contributed by atoms with van der Waals surface area (Å²) in [5.74, 6) is -0.312. The van der Waals surface area contributed by atoms with E-state index in [-0.39, 0.29) is 17.7 Å². The molecule has 0 heterocycles. The lowest BCUT2D eigenvalue weighted by Gasteiger charge is -2.16. The Morgan fingerprint density at radius 2 is 2.12 bits per heavy atom. The molecule has 1 unspecified atom stereocenters. The van der Waals surface area contributed by atoms with Crippen LogP contribution in [0.5, 0.6) is 5.75 Å². The first-order valence-electron chi connectivity index (χ1n) is 5.20. The summed E-state index contributed by atoms with van der Waals surface area (Å²) in [6.07, 6.45) is 0.753. The number of halogens is 1. The molecule has 1 atom stereocenters. The minimum atomic E-state index is -4.28. The predicted octanol–water partition coefficient (Wildman–Crippen LogP) is 2.56. The third-order valence-electron chi connectivity index (χ3n) is 2.45. The number of hydrogen-bond acceptors (Lipinski definition) is 3. The molecule has 0 saturated carbocycles. The zero-order chi connectivity index (χ0) is 13.1. The van der Waals surface area contributed by atoms with Crippen molar-refractivity contribution in [3.8, 4) is 5.75 Å². The molecule has 0 spiro atoms. The molecule has 0 aliphatic heterocycles. The average Bonchev–Trinajstić information content (AvgIpc) is 2.24. The first-order chi connectivity index (χ1) is 7.90. The van der Waals surface area contributed by atoms with Gasteiger partial charge in [0.05, 0.1) is 7.11 Å². The van der Waals surface area contributed by atoms with Gasteiger partial charge in [0, 0.05) is 5.56 Å². The summed E-state index contributed by atoms with van der Waals surface area (Å²) in [5, 5.41) is -1.15. The van der Waals surface area contributed by atoms with Gasteiger partial charge in [0.25, 0.3) is 10.1 Å². The van der Waals surface area contributed by atoms with Gasteiger partial charge in [-0.05, 0) is 24.6 Å². The maximum absolute atomic E-state index is 13.1. The standard InChI is InChI=1S/C11H15FO4S/c1-3-4-11(17(13,14)15)9-7-8(12)5-6-10(9)16-2/h5-7,11H,3-4H2,1-2H3,(H,13,14,15). The summed E-state index contributed by atoms with van der Waals surface area (Å²) < 4.78 is 49.8. The fourth-order valence-corrected chi connectivity index (χ4v) is 2.72. The van der Waals surface area contributed by atoms with Gasteiger partial charge in [-0.3, -0.25) is 4.55 Å². The third-order valence-corrected chi connectivity index (χ3v) is 3.66. The van der Waals surface area contributed by atoms with E-state index in [9.17, 15) is 12.8 Å². The summed E-state index contributed by atoms with van der Waals surface area (Å²) >= 11 is 0. The van der Waals surface area contributed by atoms with E-state index in [1.54, 1.807) is 6.92 Å². The SMILES string of the molecule is CCCC(c1cc(F)ccc1OC)S(=O)(=O)O. The van der Waals surface area contributed by atoms with Crippen LogP contribution in [0, 0.1) is 5.82 Å². The van der Waals surface area contributed by atoms with Crippen molar-refractivity contribution in [1.29, 1.82) is 0 Å². The van der Waals surface area contributed by atoms with Crippen molar-refractivity contribution < 1.29 is 22.1 Å². The second-order valence-electron chi connectivity index (χ2n) is 3.68. The fourth-order valence-electron chi connectivity index (χ4n) is 1.68. The van der Waals surface area contributed by atoms with Crippen molar-refractivity contribution in [3.05, 3.63) is 29.6 Å². The maximum atomic E-state index is 13.1. The van der Waals surface area contributed by atoms with E-state index < -0.39 is 21.2 Å². The molecular weight excluding hydrogens is 247 g/mol. The largest absolute Gasteiger partial charge is 0.496 e. The van der Waals surface area contributed by atoms with Crippen LogP contribution in [-0.2, 0) is 10.1 Å². The number of hydrogen-bond donors (Lipinski definition) is 1. The third kappa shape index (κ3) is 3.41.